The van der Waals surface area contributed by atoms with Gasteiger partial charge in [0.25, 0.3) is 0 Å². The second kappa shape index (κ2) is 6.53. The molecule has 4 nitrogen and oxygen atoms in total. The van der Waals surface area contributed by atoms with E-state index in [1.807, 2.05) is 37.5 Å². The Morgan fingerprint density at radius 2 is 2.09 bits per heavy atom. The molecule has 1 aromatic carbocycles. The summed E-state index contributed by atoms with van der Waals surface area (Å²) in [5, 5.41) is 14.3. The lowest BCUT2D eigenvalue weighted by atomic mass is 9.88. The molecule has 0 spiro atoms. The first-order valence-electron chi connectivity index (χ1n) is 8.16. The molecule has 1 aliphatic carbocycles. The van der Waals surface area contributed by atoms with Gasteiger partial charge in [-0.05, 0) is 42.0 Å². The summed E-state index contributed by atoms with van der Waals surface area (Å²) in [6.45, 7) is 0.285. The van der Waals surface area contributed by atoms with Crippen LogP contribution in [0.1, 0.15) is 43.8 Å². The van der Waals surface area contributed by atoms with Gasteiger partial charge in [0.1, 0.15) is 0 Å². The molecule has 1 amide bonds. The van der Waals surface area contributed by atoms with Crippen LogP contribution in [-0.2, 0) is 11.8 Å². The molecule has 0 aliphatic heterocycles. The number of amides is 1. The summed E-state index contributed by atoms with van der Waals surface area (Å²) in [6.07, 6.45) is 6.85. The summed E-state index contributed by atoms with van der Waals surface area (Å²) in [5.74, 6) is 0.233. The van der Waals surface area contributed by atoms with Crippen LogP contribution in [-0.4, -0.2) is 22.1 Å². The molecule has 0 saturated heterocycles. The fourth-order valence-electron chi connectivity index (χ4n) is 3.33. The second-order valence-corrected chi connectivity index (χ2v) is 6.34. The average molecular weight is 300 g/mol. The molecular weight excluding hydrogens is 276 g/mol. The van der Waals surface area contributed by atoms with Crippen molar-refractivity contribution >= 4 is 16.8 Å². The van der Waals surface area contributed by atoms with Crippen molar-refractivity contribution in [3.05, 3.63) is 36.0 Å². The number of aliphatic hydroxyl groups excluding tert-OH is 1. The van der Waals surface area contributed by atoms with Gasteiger partial charge in [0.15, 0.2) is 0 Å². The Hall–Kier alpha value is -1.81. The number of hydrogen-bond acceptors (Lipinski definition) is 2. The number of fused-ring (bicyclic) bond motifs is 1. The van der Waals surface area contributed by atoms with Crippen LogP contribution in [0.25, 0.3) is 10.9 Å². The molecule has 2 aromatic rings. The minimum Gasteiger partial charge on any atom is -0.387 e. The Labute approximate surface area is 131 Å². The third-order valence-corrected chi connectivity index (χ3v) is 4.74. The monoisotopic (exact) mass is 300 g/mol. The second-order valence-electron chi connectivity index (χ2n) is 6.34. The van der Waals surface area contributed by atoms with Gasteiger partial charge in [-0.2, -0.15) is 0 Å². The highest BCUT2D eigenvalue weighted by molar-refractivity contribution is 5.81. The van der Waals surface area contributed by atoms with Gasteiger partial charge in [-0.15, -0.1) is 0 Å². The van der Waals surface area contributed by atoms with E-state index in [1.54, 1.807) is 0 Å². The number of rotatable bonds is 4. The fourth-order valence-corrected chi connectivity index (χ4v) is 3.33. The Kier molecular flexibility index (Phi) is 4.48. The molecule has 1 saturated carbocycles. The minimum absolute atomic E-state index is 0.0968. The van der Waals surface area contributed by atoms with Gasteiger partial charge in [0.2, 0.25) is 5.91 Å². The van der Waals surface area contributed by atoms with Gasteiger partial charge in [-0.1, -0.05) is 25.3 Å². The first kappa shape index (κ1) is 15.1. The number of nitrogens with zero attached hydrogens (tertiary/aromatic N) is 1. The molecule has 1 aliphatic rings. The van der Waals surface area contributed by atoms with Crippen molar-refractivity contribution in [3.63, 3.8) is 0 Å². The topological polar surface area (TPSA) is 54.3 Å². The first-order chi connectivity index (χ1) is 10.6. The molecule has 1 heterocycles. The van der Waals surface area contributed by atoms with Crippen LogP contribution in [0.15, 0.2) is 30.5 Å². The van der Waals surface area contributed by atoms with Crippen LogP contribution in [0.2, 0.25) is 0 Å². The van der Waals surface area contributed by atoms with E-state index in [0.717, 1.165) is 42.1 Å². The molecule has 4 heteroatoms. The molecule has 0 radical (unpaired) electrons. The Morgan fingerprint density at radius 3 is 2.86 bits per heavy atom. The quantitative estimate of drug-likeness (QED) is 0.912. The Balaban J connectivity index is 1.60. The maximum absolute atomic E-state index is 12.1. The molecule has 2 N–H and O–H groups in total. The lowest BCUT2D eigenvalue weighted by Crippen LogP contribution is -2.34. The van der Waals surface area contributed by atoms with Crippen molar-refractivity contribution in [1.82, 2.24) is 9.88 Å². The molecule has 1 fully saturated rings. The summed E-state index contributed by atoms with van der Waals surface area (Å²) in [4.78, 5) is 12.1. The van der Waals surface area contributed by atoms with Gasteiger partial charge in [0.05, 0.1) is 6.10 Å². The van der Waals surface area contributed by atoms with E-state index in [9.17, 15) is 9.90 Å². The van der Waals surface area contributed by atoms with E-state index >= 15 is 0 Å². The van der Waals surface area contributed by atoms with Gasteiger partial charge in [-0.3, -0.25) is 4.79 Å². The summed E-state index contributed by atoms with van der Waals surface area (Å²) in [6, 6.07) is 7.97. The van der Waals surface area contributed by atoms with Gasteiger partial charge in [0, 0.05) is 31.2 Å². The molecule has 118 valence electrons. The fraction of sp³-hybridized carbons (Fsp3) is 0.500. The lowest BCUT2D eigenvalue weighted by Gasteiger charge is -2.21. The molecule has 1 aromatic heterocycles. The van der Waals surface area contributed by atoms with Crippen LogP contribution in [0.5, 0.6) is 0 Å². The zero-order valence-corrected chi connectivity index (χ0v) is 13.1. The van der Waals surface area contributed by atoms with Crippen LogP contribution in [0.4, 0.5) is 0 Å². The largest absolute Gasteiger partial charge is 0.387 e. The summed E-state index contributed by atoms with van der Waals surface area (Å²) in [7, 11) is 2.00. The molecule has 1 atom stereocenters. The third kappa shape index (κ3) is 3.17. The molecular formula is C18H24N2O2. The maximum atomic E-state index is 12.1. The van der Waals surface area contributed by atoms with E-state index in [-0.39, 0.29) is 18.4 Å². The minimum atomic E-state index is -0.655. The number of carbonyl (C=O) groups excluding carboxylic acids is 1. The number of carbonyl (C=O) groups is 1. The predicted molar refractivity (Wildman–Crippen MR) is 87.5 cm³/mol. The van der Waals surface area contributed by atoms with E-state index < -0.39 is 6.10 Å². The number of aromatic nitrogens is 1. The Morgan fingerprint density at radius 1 is 1.32 bits per heavy atom. The summed E-state index contributed by atoms with van der Waals surface area (Å²) < 4.78 is 2.05. The summed E-state index contributed by atoms with van der Waals surface area (Å²) >= 11 is 0. The number of aliphatic hydroxyl groups is 1. The highest BCUT2D eigenvalue weighted by Gasteiger charge is 2.21. The zero-order chi connectivity index (χ0) is 15.5. The molecule has 1 unspecified atom stereocenters. The van der Waals surface area contributed by atoms with Gasteiger partial charge in [-0.25, -0.2) is 0 Å². The summed E-state index contributed by atoms with van der Waals surface area (Å²) in [5.41, 5.74) is 1.99. The van der Waals surface area contributed by atoms with E-state index in [0.29, 0.717) is 0 Å². The Bertz CT molecular complexity index is 656. The highest BCUT2D eigenvalue weighted by atomic mass is 16.3. The van der Waals surface area contributed by atoms with Gasteiger partial charge >= 0.3 is 0 Å². The van der Waals surface area contributed by atoms with E-state index in [1.165, 1.54) is 6.42 Å². The van der Waals surface area contributed by atoms with Crippen molar-refractivity contribution in [2.75, 3.05) is 6.54 Å². The van der Waals surface area contributed by atoms with Crippen molar-refractivity contribution < 1.29 is 9.90 Å². The van der Waals surface area contributed by atoms with Crippen LogP contribution in [0, 0.1) is 5.92 Å². The standard InChI is InChI=1S/C18H24N2O2/c1-20-10-9-14-11-15(7-8-16(14)20)17(21)12-19-18(22)13-5-3-2-4-6-13/h7-11,13,17,21H,2-6,12H2,1H3,(H,19,22). The zero-order valence-electron chi connectivity index (χ0n) is 13.1. The number of hydrogen-bond donors (Lipinski definition) is 2. The smallest absolute Gasteiger partial charge is 0.223 e. The molecule has 0 bridgehead atoms. The van der Waals surface area contributed by atoms with Crippen LogP contribution in [0.3, 0.4) is 0 Å². The normalized spacial score (nSPS) is 17.5. The average Bonchev–Trinajstić information content (AvgIpc) is 2.93. The maximum Gasteiger partial charge on any atom is 0.223 e. The van der Waals surface area contributed by atoms with E-state index in [4.69, 9.17) is 0 Å². The predicted octanol–water partition coefficient (Wildman–Crippen LogP) is 2.91. The van der Waals surface area contributed by atoms with Crippen LogP contribution >= 0.6 is 0 Å². The van der Waals surface area contributed by atoms with E-state index in [2.05, 4.69) is 9.88 Å². The SMILES string of the molecule is Cn1ccc2cc(C(O)CNC(=O)C3CCCCC3)ccc21. The lowest BCUT2D eigenvalue weighted by molar-refractivity contribution is -0.126. The van der Waals surface area contributed by atoms with Crippen molar-refractivity contribution in [2.45, 2.75) is 38.2 Å². The number of aryl methyl sites for hydroxylation is 1. The highest BCUT2D eigenvalue weighted by Crippen LogP contribution is 2.24. The number of nitrogens with one attached hydrogen (secondary N) is 1. The van der Waals surface area contributed by atoms with Crippen LogP contribution < -0.4 is 5.32 Å². The molecule has 3 rings (SSSR count). The van der Waals surface area contributed by atoms with Crippen molar-refractivity contribution in [3.8, 4) is 0 Å². The van der Waals surface area contributed by atoms with Crippen molar-refractivity contribution in [1.29, 1.82) is 0 Å². The van der Waals surface area contributed by atoms with Gasteiger partial charge < -0.3 is 15.0 Å². The number of benzene rings is 1. The van der Waals surface area contributed by atoms with Crippen molar-refractivity contribution in [2.24, 2.45) is 13.0 Å². The first-order valence-corrected chi connectivity index (χ1v) is 8.16. The third-order valence-electron chi connectivity index (χ3n) is 4.74. The molecule has 22 heavy (non-hydrogen) atoms.